The maximum absolute atomic E-state index is 15.1. The van der Waals surface area contributed by atoms with Crippen molar-refractivity contribution in [1.29, 1.82) is 0 Å². The first kappa shape index (κ1) is 20.8. The van der Waals surface area contributed by atoms with Gasteiger partial charge in [-0.25, -0.2) is 13.6 Å². The molecule has 1 aliphatic heterocycles. The second-order valence-electron chi connectivity index (χ2n) is 7.83. The van der Waals surface area contributed by atoms with Crippen LogP contribution < -0.4 is 21.4 Å². The van der Waals surface area contributed by atoms with Gasteiger partial charge in [0.1, 0.15) is 17.2 Å². The zero-order chi connectivity index (χ0) is 22.6. The molecule has 0 atom stereocenters. The lowest BCUT2D eigenvalue weighted by molar-refractivity contribution is 0.0695. The van der Waals surface area contributed by atoms with Gasteiger partial charge in [-0.1, -0.05) is 0 Å². The van der Waals surface area contributed by atoms with E-state index in [4.69, 9.17) is 5.73 Å². The zero-order valence-corrected chi connectivity index (χ0v) is 17.3. The number of hydrogen-bond donors (Lipinski definition) is 3. The molecule has 0 spiro atoms. The minimum absolute atomic E-state index is 0.0633. The summed E-state index contributed by atoms with van der Waals surface area (Å²) in [4.78, 5) is 26.4. The van der Waals surface area contributed by atoms with E-state index in [0.717, 1.165) is 6.07 Å². The molecule has 1 aliphatic rings. The molecule has 7 nitrogen and oxygen atoms in total. The van der Waals surface area contributed by atoms with E-state index in [1.165, 1.54) is 22.9 Å². The Morgan fingerprint density at radius 2 is 1.87 bits per heavy atom. The van der Waals surface area contributed by atoms with Gasteiger partial charge in [0.15, 0.2) is 0 Å². The Kier molecular flexibility index (Phi) is 4.93. The van der Waals surface area contributed by atoms with Crippen molar-refractivity contribution in [3.8, 4) is 5.69 Å². The summed E-state index contributed by atoms with van der Waals surface area (Å²) in [5.41, 5.74) is 6.43. The molecule has 4 rings (SSSR count). The predicted octanol–water partition coefficient (Wildman–Crippen LogP) is 2.57. The van der Waals surface area contributed by atoms with Gasteiger partial charge in [0, 0.05) is 30.9 Å². The van der Waals surface area contributed by atoms with Crippen molar-refractivity contribution in [3.63, 3.8) is 0 Å². The normalized spacial score (nSPS) is 14.2. The summed E-state index contributed by atoms with van der Waals surface area (Å²) in [5, 5.41) is 12.6. The molecular formula is C22H22F2N4O3. The lowest BCUT2D eigenvalue weighted by atomic mass is 10.00. The van der Waals surface area contributed by atoms with Crippen LogP contribution in [0.2, 0.25) is 0 Å². The summed E-state index contributed by atoms with van der Waals surface area (Å²) < 4.78 is 30.5. The number of carboxylic acids is 1. The van der Waals surface area contributed by atoms with Crippen LogP contribution in [0.3, 0.4) is 0 Å². The van der Waals surface area contributed by atoms with Crippen molar-refractivity contribution in [3.05, 3.63) is 62.9 Å². The third-order valence-corrected chi connectivity index (χ3v) is 5.86. The Hall–Kier alpha value is -3.46. The summed E-state index contributed by atoms with van der Waals surface area (Å²) in [5.74, 6) is -2.64. The fourth-order valence-electron chi connectivity index (χ4n) is 4.15. The average molecular weight is 428 g/mol. The van der Waals surface area contributed by atoms with Gasteiger partial charge in [-0.3, -0.25) is 4.79 Å². The minimum atomic E-state index is -1.44. The van der Waals surface area contributed by atoms with Crippen LogP contribution in [0.4, 0.5) is 20.2 Å². The monoisotopic (exact) mass is 428 g/mol. The standard InChI is InChI=1S/C22H22F2N4O3/c1-10-4-15(23)17(25)6-18(10)28-9-14(22(30)31)21(29)13-5-16(24)20(11(2)19(13)28)27-7-12(8-27)26-3/h4-6,9,12,26H,7-8,25H2,1-3H3,(H,30,31). The largest absolute Gasteiger partial charge is 0.477 e. The molecule has 1 saturated heterocycles. The minimum Gasteiger partial charge on any atom is -0.477 e. The lowest BCUT2D eigenvalue weighted by Crippen LogP contribution is -2.57. The number of nitrogen functional groups attached to an aromatic ring is 1. The first-order valence-electron chi connectivity index (χ1n) is 9.74. The summed E-state index contributed by atoms with van der Waals surface area (Å²) in [6.07, 6.45) is 1.19. The van der Waals surface area contributed by atoms with Gasteiger partial charge < -0.3 is 25.6 Å². The number of likely N-dealkylation sites (N-methyl/N-ethyl adjacent to an activating group) is 1. The van der Waals surface area contributed by atoms with Crippen LogP contribution in [0.25, 0.3) is 16.6 Å². The number of nitrogens with two attached hydrogens (primary N) is 1. The van der Waals surface area contributed by atoms with Crippen molar-refractivity contribution in [1.82, 2.24) is 9.88 Å². The van der Waals surface area contributed by atoms with Gasteiger partial charge in [-0.15, -0.1) is 0 Å². The lowest BCUT2D eigenvalue weighted by Gasteiger charge is -2.42. The smallest absolute Gasteiger partial charge is 0.341 e. The van der Waals surface area contributed by atoms with Gasteiger partial charge in [-0.2, -0.15) is 0 Å². The van der Waals surface area contributed by atoms with Crippen molar-refractivity contribution in [2.75, 3.05) is 30.8 Å². The highest BCUT2D eigenvalue weighted by Gasteiger charge is 2.30. The third kappa shape index (κ3) is 3.21. The quantitative estimate of drug-likeness (QED) is 0.553. The first-order valence-corrected chi connectivity index (χ1v) is 9.74. The number of aromatic carboxylic acids is 1. The highest BCUT2D eigenvalue weighted by atomic mass is 19.1. The van der Waals surface area contributed by atoms with Gasteiger partial charge >= 0.3 is 5.97 Å². The number of hydrogen-bond acceptors (Lipinski definition) is 5. The van der Waals surface area contributed by atoms with E-state index in [0.29, 0.717) is 41.1 Å². The number of carbonyl (C=O) groups is 1. The topological polar surface area (TPSA) is 101 Å². The number of benzene rings is 2. The number of anilines is 2. The predicted molar refractivity (Wildman–Crippen MR) is 115 cm³/mol. The van der Waals surface area contributed by atoms with Crippen molar-refractivity contribution in [2.45, 2.75) is 19.9 Å². The van der Waals surface area contributed by atoms with E-state index < -0.39 is 28.6 Å². The van der Waals surface area contributed by atoms with Gasteiger partial charge in [-0.05, 0) is 44.7 Å². The number of rotatable bonds is 4. The average Bonchev–Trinajstić information content (AvgIpc) is 2.67. The number of aryl methyl sites for hydroxylation is 2. The molecule has 0 radical (unpaired) electrons. The molecule has 3 aromatic rings. The van der Waals surface area contributed by atoms with Gasteiger partial charge in [0.05, 0.1) is 28.0 Å². The zero-order valence-electron chi connectivity index (χ0n) is 17.3. The van der Waals surface area contributed by atoms with E-state index in [1.54, 1.807) is 13.8 Å². The summed E-state index contributed by atoms with van der Waals surface area (Å²) in [6, 6.07) is 3.92. The molecule has 31 heavy (non-hydrogen) atoms. The molecule has 1 aromatic heterocycles. The molecule has 0 aliphatic carbocycles. The van der Waals surface area contributed by atoms with Crippen LogP contribution in [-0.2, 0) is 0 Å². The van der Waals surface area contributed by atoms with E-state index in [9.17, 15) is 19.1 Å². The number of nitrogens with one attached hydrogen (secondary N) is 1. The molecule has 0 unspecified atom stereocenters. The molecule has 4 N–H and O–H groups in total. The van der Waals surface area contributed by atoms with Crippen molar-refractivity contribution >= 4 is 28.2 Å². The molecule has 9 heteroatoms. The summed E-state index contributed by atoms with van der Waals surface area (Å²) in [6.45, 7) is 4.53. The maximum Gasteiger partial charge on any atom is 0.341 e. The Morgan fingerprint density at radius 1 is 1.19 bits per heavy atom. The Morgan fingerprint density at radius 3 is 2.48 bits per heavy atom. The molecule has 0 saturated carbocycles. The van der Waals surface area contributed by atoms with Gasteiger partial charge in [0.2, 0.25) is 5.43 Å². The molecular weight excluding hydrogens is 406 g/mol. The van der Waals surface area contributed by atoms with E-state index in [2.05, 4.69) is 5.32 Å². The Labute approximate surface area is 176 Å². The second kappa shape index (κ2) is 7.35. The fourth-order valence-corrected chi connectivity index (χ4v) is 4.15. The van der Waals surface area contributed by atoms with E-state index >= 15 is 4.39 Å². The summed E-state index contributed by atoms with van der Waals surface area (Å²) >= 11 is 0. The molecule has 1 fully saturated rings. The number of pyridine rings is 1. The number of nitrogens with zero attached hydrogens (tertiary/aromatic N) is 2. The second-order valence-corrected chi connectivity index (χ2v) is 7.83. The maximum atomic E-state index is 15.1. The third-order valence-electron chi connectivity index (χ3n) is 5.86. The van der Waals surface area contributed by atoms with E-state index in [-0.39, 0.29) is 17.1 Å². The van der Waals surface area contributed by atoms with Crippen LogP contribution in [0, 0.1) is 25.5 Å². The van der Waals surface area contributed by atoms with Crippen LogP contribution >= 0.6 is 0 Å². The summed E-state index contributed by atoms with van der Waals surface area (Å²) in [7, 11) is 1.83. The van der Waals surface area contributed by atoms with Crippen LogP contribution in [0.1, 0.15) is 21.5 Å². The van der Waals surface area contributed by atoms with Crippen LogP contribution in [-0.4, -0.2) is 41.8 Å². The Bertz CT molecular complexity index is 1300. The molecule has 2 heterocycles. The Balaban J connectivity index is 2.09. The first-order chi connectivity index (χ1) is 14.6. The molecule has 162 valence electrons. The molecule has 0 bridgehead atoms. The highest BCUT2D eigenvalue weighted by Crippen LogP contribution is 2.35. The number of halogens is 2. The SMILES string of the molecule is CNC1CN(c2c(F)cc3c(=O)c(C(=O)O)cn(-c4cc(N)c(F)cc4C)c3c2C)C1. The van der Waals surface area contributed by atoms with Crippen molar-refractivity contribution in [2.24, 2.45) is 0 Å². The van der Waals surface area contributed by atoms with Crippen LogP contribution in [0.5, 0.6) is 0 Å². The van der Waals surface area contributed by atoms with E-state index in [1.807, 2.05) is 11.9 Å². The van der Waals surface area contributed by atoms with Crippen LogP contribution in [0.15, 0.2) is 29.2 Å². The highest BCUT2D eigenvalue weighted by molar-refractivity contribution is 5.96. The fraction of sp³-hybridized carbons (Fsp3) is 0.273. The van der Waals surface area contributed by atoms with Gasteiger partial charge in [0.25, 0.3) is 0 Å². The van der Waals surface area contributed by atoms with Crippen molar-refractivity contribution < 1.29 is 18.7 Å². The molecule has 0 amide bonds. The number of carboxylic acid groups (broad SMARTS) is 1. The number of fused-ring (bicyclic) bond motifs is 1. The number of aromatic nitrogens is 1. The molecule has 2 aromatic carbocycles.